The lowest BCUT2D eigenvalue weighted by molar-refractivity contribution is -0.115. The molecule has 8 heteroatoms. The summed E-state index contributed by atoms with van der Waals surface area (Å²) in [4.78, 5) is 30.9. The minimum absolute atomic E-state index is 0.108. The molecule has 0 bridgehead atoms. The molecule has 0 fully saturated rings. The summed E-state index contributed by atoms with van der Waals surface area (Å²) in [5, 5.41) is 7.96. The van der Waals surface area contributed by atoms with Crippen molar-refractivity contribution in [3.05, 3.63) is 70.4 Å². The number of benzene rings is 2. The van der Waals surface area contributed by atoms with Gasteiger partial charge in [-0.05, 0) is 61.2 Å². The molecule has 0 aliphatic rings. The first-order valence-corrected chi connectivity index (χ1v) is 11.8. The maximum atomic E-state index is 12.6. The maximum absolute atomic E-state index is 12.6. The molecule has 4 aromatic rings. The zero-order chi connectivity index (χ0) is 21.1. The molecular weight excluding hydrogens is 434 g/mol. The van der Waals surface area contributed by atoms with Crippen molar-refractivity contribution < 1.29 is 9.59 Å². The number of nitrogens with zero attached hydrogens (tertiary/aromatic N) is 1. The summed E-state index contributed by atoms with van der Waals surface area (Å²) in [5.74, 6) is -0.243. The van der Waals surface area contributed by atoms with E-state index in [1.807, 2.05) is 61.7 Å². The predicted molar refractivity (Wildman–Crippen MR) is 127 cm³/mol. The van der Waals surface area contributed by atoms with E-state index in [0.29, 0.717) is 15.7 Å². The molecule has 0 aliphatic heterocycles. The molecule has 2 N–H and O–H groups in total. The van der Waals surface area contributed by atoms with Crippen LogP contribution in [0.1, 0.15) is 22.2 Å². The molecule has 5 nitrogen and oxygen atoms in total. The number of nitrogens with one attached hydrogen (secondary N) is 2. The maximum Gasteiger partial charge on any atom is 0.265 e. The first-order valence-electron chi connectivity index (χ1n) is 9.27. The van der Waals surface area contributed by atoms with E-state index < -0.39 is 0 Å². The molecule has 1 atom stereocenters. The summed E-state index contributed by atoms with van der Waals surface area (Å²) in [6, 6.07) is 17.2. The molecule has 0 aliphatic carbocycles. The zero-order valence-corrected chi connectivity index (χ0v) is 18.8. The smallest absolute Gasteiger partial charge is 0.265 e. The highest BCUT2D eigenvalue weighted by atomic mass is 32.2. The predicted octanol–water partition coefficient (Wildman–Crippen LogP) is 6.04. The molecule has 2 aromatic carbocycles. The molecule has 152 valence electrons. The van der Waals surface area contributed by atoms with Crippen LogP contribution < -0.4 is 10.6 Å². The second-order valence-corrected chi connectivity index (χ2v) is 10.1. The average molecular weight is 454 g/mol. The van der Waals surface area contributed by atoms with Crippen LogP contribution in [0.3, 0.4) is 0 Å². The third-order valence-electron chi connectivity index (χ3n) is 4.29. The number of rotatable bonds is 6. The normalized spacial score (nSPS) is 11.9. The lowest BCUT2D eigenvalue weighted by Gasteiger charge is -2.11. The second kappa shape index (κ2) is 8.99. The number of aryl methyl sites for hydroxylation is 1. The van der Waals surface area contributed by atoms with Crippen molar-refractivity contribution in [3.63, 3.8) is 0 Å². The Morgan fingerprint density at radius 1 is 1.07 bits per heavy atom. The number of carbonyl (C=O) groups excluding carboxylic acids is 2. The number of hydrogen-bond donors (Lipinski definition) is 2. The van der Waals surface area contributed by atoms with Crippen molar-refractivity contribution >= 4 is 67.3 Å². The number of amides is 2. The summed E-state index contributed by atoms with van der Waals surface area (Å²) in [7, 11) is 0. The van der Waals surface area contributed by atoms with Crippen LogP contribution in [0, 0.1) is 6.92 Å². The standard InChI is InChI=1S/C22H19N3O2S3/c1-13-8-9-17-19(11-13)30-22(24-17)25-20(26)14(2)29-16-6-3-5-15(12-16)23-21(27)18-7-4-10-28-18/h3-12,14H,1-2H3,(H,23,27)(H,24,25,26). The molecule has 2 amide bonds. The van der Waals surface area contributed by atoms with Crippen LogP contribution in [0.2, 0.25) is 0 Å². The van der Waals surface area contributed by atoms with Crippen LogP contribution in [0.4, 0.5) is 10.8 Å². The van der Waals surface area contributed by atoms with E-state index in [1.165, 1.54) is 40.0 Å². The fourth-order valence-electron chi connectivity index (χ4n) is 2.80. The summed E-state index contributed by atoms with van der Waals surface area (Å²) in [6.07, 6.45) is 0. The van der Waals surface area contributed by atoms with Gasteiger partial charge in [0.25, 0.3) is 5.91 Å². The summed E-state index contributed by atoms with van der Waals surface area (Å²) in [6.45, 7) is 3.89. The van der Waals surface area contributed by atoms with E-state index in [0.717, 1.165) is 15.1 Å². The summed E-state index contributed by atoms with van der Waals surface area (Å²) < 4.78 is 1.06. The molecule has 4 rings (SSSR count). The van der Waals surface area contributed by atoms with Gasteiger partial charge in [-0.3, -0.25) is 9.59 Å². The van der Waals surface area contributed by atoms with E-state index in [9.17, 15) is 9.59 Å². The van der Waals surface area contributed by atoms with Crippen LogP contribution in [0.25, 0.3) is 10.2 Å². The SMILES string of the molecule is Cc1ccc2nc(NC(=O)C(C)Sc3cccc(NC(=O)c4cccs4)c3)sc2c1. The molecular formula is C22H19N3O2S3. The van der Waals surface area contributed by atoms with E-state index in [4.69, 9.17) is 0 Å². The van der Waals surface area contributed by atoms with Gasteiger partial charge >= 0.3 is 0 Å². The highest BCUT2D eigenvalue weighted by molar-refractivity contribution is 8.00. The van der Waals surface area contributed by atoms with E-state index >= 15 is 0 Å². The Morgan fingerprint density at radius 2 is 1.93 bits per heavy atom. The lowest BCUT2D eigenvalue weighted by atomic mass is 10.2. The van der Waals surface area contributed by atoms with Crippen molar-refractivity contribution in [1.82, 2.24) is 4.98 Å². The summed E-state index contributed by atoms with van der Waals surface area (Å²) >= 11 is 4.30. The average Bonchev–Trinajstić information content (AvgIpc) is 3.37. The lowest BCUT2D eigenvalue weighted by Crippen LogP contribution is -2.22. The van der Waals surface area contributed by atoms with E-state index in [-0.39, 0.29) is 17.1 Å². The van der Waals surface area contributed by atoms with Gasteiger partial charge in [0.2, 0.25) is 5.91 Å². The van der Waals surface area contributed by atoms with Crippen molar-refractivity contribution in [3.8, 4) is 0 Å². The van der Waals surface area contributed by atoms with Gasteiger partial charge in [-0.15, -0.1) is 23.1 Å². The monoisotopic (exact) mass is 453 g/mol. The summed E-state index contributed by atoms with van der Waals surface area (Å²) in [5.41, 5.74) is 2.75. The van der Waals surface area contributed by atoms with Gasteiger partial charge in [0.05, 0.1) is 20.3 Å². The quantitative estimate of drug-likeness (QED) is 0.349. The third-order valence-corrected chi connectivity index (χ3v) is 7.19. The van der Waals surface area contributed by atoms with E-state index in [2.05, 4.69) is 21.7 Å². The molecule has 30 heavy (non-hydrogen) atoms. The van der Waals surface area contributed by atoms with Crippen molar-refractivity contribution in [1.29, 1.82) is 0 Å². The first kappa shape index (κ1) is 20.6. The highest BCUT2D eigenvalue weighted by Gasteiger charge is 2.17. The highest BCUT2D eigenvalue weighted by Crippen LogP contribution is 2.29. The number of thioether (sulfide) groups is 1. The Morgan fingerprint density at radius 3 is 2.73 bits per heavy atom. The number of fused-ring (bicyclic) bond motifs is 1. The Kier molecular flexibility index (Phi) is 6.17. The molecule has 1 unspecified atom stereocenters. The largest absolute Gasteiger partial charge is 0.321 e. The van der Waals surface area contributed by atoms with Crippen molar-refractivity contribution in [2.24, 2.45) is 0 Å². The second-order valence-electron chi connectivity index (χ2n) is 6.70. The Hall–Kier alpha value is -2.68. The van der Waals surface area contributed by atoms with Crippen LogP contribution in [0.15, 0.2) is 64.9 Å². The van der Waals surface area contributed by atoms with Crippen LogP contribution in [0.5, 0.6) is 0 Å². The van der Waals surface area contributed by atoms with Crippen molar-refractivity contribution in [2.45, 2.75) is 24.0 Å². The van der Waals surface area contributed by atoms with Gasteiger partial charge in [0.1, 0.15) is 0 Å². The van der Waals surface area contributed by atoms with Crippen LogP contribution in [-0.2, 0) is 4.79 Å². The zero-order valence-electron chi connectivity index (χ0n) is 16.3. The Labute approximate surface area is 186 Å². The number of thiazole rings is 1. The molecule has 2 heterocycles. The molecule has 2 aromatic heterocycles. The fourth-order valence-corrected chi connectivity index (χ4v) is 5.31. The number of aromatic nitrogens is 1. The third kappa shape index (κ3) is 4.89. The number of carbonyl (C=O) groups is 2. The molecule has 0 saturated heterocycles. The van der Waals surface area contributed by atoms with Gasteiger partial charge in [-0.25, -0.2) is 4.98 Å². The van der Waals surface area contributed by atoms with E-state index in [1.54, 1.807) is 6.07 Å². The number of hydrogen-bond acceptors (Lipinski definition) is 6. The number of anilines is 2. The minimum Gasteiger partial charge on any atom is -0.321 e. The topological polar surface area (TPSA) is 71.1 Å². The Balaban J connectivity index is 1.39. The van der Waals surface area contributed by atoms with Gasteiger partial charge < -0.3 is 10.6 Å². The molecule has 0 saturated carbocycles. The van der Waals surface area contributed by atoms with Crippen LogP contribution >= 0.6 is 34.4 Å². The fraction of sp³-hybridized carbons (Fsp3) is 0.136. The first-order chi connectivity index (χ1) is 14.5. The van der Waals surface area contributed by atoms with Gasteiger partial charge in [0, 0.05) is 10.6 Å². The van der Waals surface area contributed by atoms with Gasteiger partial charge in [0.15, 0.2) is 5.13 Å². The Bertz CT molecular complexity index is 1200. The van der Waals surface area contributed by atoms with Crippen molar-refractivity contribution in [2.75, 3.05) is 10.6 Å². The molecule has 0 spiro atoms. The van der Waals surface area contributed by atoms with Gasteiger partial charge in [-0.2, -0.15) is 0 Å². The minimum atomic E-state index is -0.318. The van der Waals surface area contributed by atoms with Gasteiger partial charge in [-0.1, -0.05) is 29.5 Å². The molecule has 0 radical (unpaired) electrons. The number of thiophene rings is 1. The van der Waals surface area contributed by atoms with Crippen LogP contribution in [-0.4, -0.2) is 22.0 Å².